The lowest BCUT2D eigenvalue weighted by Gasteiger charge is -2.21. The average Bonchev–Trinajstić information content (AvgIpc) is 2.38. The molecular weight excluding hydrogens is 236 g/mol. The van der Waals surface area contributed by atoms with Gasteiger partial charge in [0.15, 0.2) is 0 Å². The van der Waals surface area contributed by atoms with Crippen LogP contribution in [0.5, 0.6) is 5.75 Å². The van der Waals surface area contributed by atoms with E-state index >= 15 is 0 Å². The van der Waals surface area contributed by atoms with E-state index in [0.717, 1.165) is 24.4 Å². The fraction of sp³-hybridized carbons (Fsp3) is 0.625. The molecule has 0 fully saturated rings. The number of anilines is 1. The predicted molar refractivity (Wildman–Crippen MR) is 83.0 cm³/mol. The smallest absolute Gasteiger partial charge is 0.141 e. The molecule has 108 valence electrons. The van der Waals surface area contributed by atoms with Gasteiger partial charge in [-0.1, -0.05) is 26.3 Å². The summed E-state index contributed by atoms with van der Waals surface area (Å²) in [6, 6.07) is 6.91. The van der Waals surface area contributed by atoms with Crippen molar-refractivity contribution in [1.82, 2.24) is 4.90 Å². The molecule has 0 spiro atoms. The number of hydrogen-bond donors (Lipinski definition) is 1. The van der Waals surface area contributed by atoms with Crippen molar-refractivity contribution in [3.05, 3.63) is 23.8 Å². The average molecular weight is 264 g/mol. The van der Waals surface area contributed by atoms with Gasteiger partial charge in [-0.2, -0.15) is 0 Å². The first-order valence-electron chi connectivity index (χ1n) is 7.18. The zero-order chi connectivity index (χ0) is 14.3. The van der Waals surface area contributed by atoms with Crippen LogP contribution in [-0.4, -0.2) is 32.1 Å². The van der Waals surface area contributed by atoms with Crippen LogP contribution in [0.15, 0.2) is 18.2 Å². The maximum atomic E-state index is 5.45. The van der Waals surface area contributed by atoms with Gasteiger partial charge in [0.2, 0.25) is 0 Å². The van der Waals surface area contributed by atoms with Gasteiger partial charge in [-0.3, -0.25) is 0 Å². The van der Waals surface area contributed by atoms with E-state index in [1.54, 1.807) is 7.11 Å². The van der Waals surface area contributed by atoms with Crippen molar-refractivity contribution < 1.29 is 4.74 Å². The Morgan fingerprint density at radius 3 is 2.53 bits per heavy atom. The fourth-order valence-corrected chi connectivity index (χ4v) is 2.28. The molecule has 1 aromatic carbocycles. The summed E-state index contributed by atoms with van der Waals surface area (Å²) in [7, 11) is 5.90. The molecule has 1 unspecified atom stereocenters. The molecule has 1 rings (SSSR count). The number of benzene rings is 1. The molecule has 0 aromatic heterocycles. The first-order valence-corrected chi connectivity index (χ1v) is 7.18. The van der Waals surface area contributed by atoms with E-state index < -0.39 is 0 Å². The van der Waals surface area contributed by atoms with Gasteiger partial charge in [0.25, 0.3) is 0 Å². The van der Waals surface area contributed by atoms with E-state index in [1.807, 2.05) is 0 Å². The molecule has 0 saturated heterocycles. The van der Waals surface area contributed by atoms with Crippen LogP contribution in [-0.2, 0) is 6.54 Å². The Morgan fingerprint density at radius 2 is 2.00 bits per heavy atom. The van der Waals surface area contributed by atoms with Crippen LogP contribution in [0.4, 0.5) is 5.69 Å². The number of rotatable bonds is 8. The molecular formula is C16H28N2O. The normalized spacial score (nSPS) is 12.5. The quantitative estimate of drug-likeness (QED) is 0.774. The van der Waals surface area contributed by atoms with Crippen molar-refractivity contribution >= 4 is 5.69 Å². The van der Waals surface area contributed by atoms with Crippen molar-refractivity contribution in [2.24, 2.45) is 0 Å². The molecule has 0 heterocycles. The van der Waals surface area contributed by atoms with Crippen LogP contribution in [0.1, 0.15) is 38.7 Å². The summed E-state index contributed by atoms with van der Waals surface area (Å²) >= 11 is 0. The molecule has 0 aliphatic heterocycles. The van der Waals surface area contributed by atoms with Crippen molar-refractivity contribution in [2.75, 3.05) is 26.5 Å². The fourth-order valence-electron chi connectivity index (χ4n) is 2.28. The number of nitrogens with zero attached hydrogens (tertiary/aromatic N) is 1. The minimum atomic E-state index is 0.522. The molecule has 0 bridgehead atoms. The van der Waals surface area contributed by atoms with E-state index in [-0.39, 0.29) is 0 Å². The Kier molecular flexibility index (Phi) is 6.71. The van der Waals surface area contributed by atoms with Gasteiger partial charge >= 0.3 is 0 Å². The lowest BCUT2D eigenvalue weighted by atomic mass is 10.1. The van der Waals surface area contributed by atoms with E-state index in [1.165, 1.54) is 18.4 Å². The molecule has 0 aliphatic rings. The molecule has 0 radical (unpaired) electrons. The topological polar surface area (TPSA) is 24.5 Å². The Hall–Kier alpha value is -1.22. The zero-order valence-electron chi connectivity index (χ0n) is 13.0. The molecule has 0 saturated carbocycles. The van der Waals surface area contributed by atoms with Gasteiger partial charge < -0.3 is 15.0 Å². The number of methoxy groups -OCH3 is 1. The molecule has 3 heteroatoms. The predicted octanol–water partition coefficient (Wildman–Crippen LogP) is 3.75. The molecule has 19 heavy (non-hydrogen) atoms. The van der Waals surface area contributed by atoms with Crippen LogP contribution >= 0.6 is 0 Å². The second-order valence-corrected chi connectivity index (χ2v) is 5.31. The minimum absolute atomic E-state index is 0.522. The Balaban J connectivity index is 2.88. The highest BCUT2D eigenvalue weighted by Gasteiger charge is 2.10. The zero-order valence-corrected chi connectivity index (χ0v) is 13.0. The highest BCUT2D eigenvalue weighted by atomic mass is 16.5. The first-order chi connectivity index (χ1) is 9.10. The van der Waals surface area contributed by atoms with Gasteiger partial charge in [-0.25, -0.2) is 0 Å². The molecule has 1 atom stereocenters. The van der Waals surface area contributed by atoms with Crippen LogP contribution < -0.4 is 10.1 Å². The Labute approximate surface area is 118 Å². The van der Waals surface area contributed by atoms with Crippen molar-refractivity contribution in [3.63, 3.8) is 0 Å². The summed E-state index contributed by atoms with van der Waals surface area (Å²) in [4.78, 5) is 2.18. The number of ether oxygens (including phenoxy) is 1. The summed E-state index contributed by atoms with van der Waals surface area (Å²) in [5.41, 5.74) is 2.42. The van der Waals surface area contributed by atoms with E-state index in [4.69, 9.17) is 4.74 Å². The summed E-state index contributed by atoms with van der Waals surface area (Å²) in [6.07, 6.45) is 3.53. The second-order valence-electron chi connectivity index (χ2n) is 5.31. The van der Waals surface area contributed by atoms with Gasteiger partial charge in [0.1, 0.15) is 5.75 Å². The first kappa shape index (κ1) is 15.8. The lowest BCUT2D eigenvalue weighted by Crippen LogP contribution is -2.19. The molecule has 3 nitrogen and oxygen atoms in total. The summed E-state index contributed by atoms with van der Waals surface area (Å²) in [5.74, 6) is 0.928. The van der Waals surface area contributed by atoms with Crippen LogP contribution in [0, 0.1) is 0 Å². The summed E-state index contributed by atoms with van der Waals surface area (Å²) in [5, 5.41) is 3.62. The lowest BCUT2D eigenvalue weighted by molar-refractivity contribution is 0.400. The van der Waals surface area contributed by atoms with Crippen LogP contribution in [0.3, 0.4) is 0 Å². The molecule has 0 amide bonds. The SMILES string of the molecule is CCCC(CC)Nc1cc(CN(C)C)ccc1OC. The van der Waals surface area contributed by atoms with E-state index in [2.05, 4.69) is 56.4 Å². The Bertz CT molecular complexity index is 377. The molecule has 0 aliphatic carbocycles. The molecule has 1 N–H and O–H groups in total. The van der Waals surface area contributed by atoms with Crippen molar-refractivity contribution in [1.29, 1.82) is 0 Å². The van der Waals surface area contributed by atoms with E-state index in [9.17, 15) is 0 Å². The highest BCUT2D eigenvalue weighted by molar-refractivity contribution is 5.58. The number of nitrogens with one attached hydrogen (secondary N) is 1. The van der Waals surface area contributed by atoms with Gasteiger partial charge in [-0.15, -0.1) is 0 Å². The third-order valence-electron chi connectivity index (χ3n) is 3.25. The van der Waals surface area contributed by atoms with Gasteiger partial charge in [-0.05, 0) is 44.6 Å². The largest absolute Gasteiger partial charge is 0.495 e. The van der Waals surface area contributed by atoms with Gasteiger partial charge in [0.05, 0.1) is 12.8 Å². The van der Waals surface area contributed by atoms with Crippen LogP contribution in [0.2, 0.25) is 0 Å². The standard InChI is InChI=1S/C16H28N2O/c1-6-8-14(7-2)17-15-11-13(12-18(3)4)9-10-16(15)19-5/h9-11,14,17H,6-8,12H2,1-5H3. The van der Waals surface area contributed by atoms with Crippen molar-refractivity contribution in [3.8, 4) is 5.75 Å². The number of hydrogen-bond acceptors (Lipinski definition) is 3. The monoisotopic (exact) mass is 264 g/mol. The summed E-state index contributed by atoms with van der Waals surface area (Å²) in [6.45, 7) is 5.40. The van der Waals surface area contributed by atoms with Crippen molar-refractivity contribution in [2.45, 2.75) is 45.7 Å². The Morgan fingerprint density at radius 1 is 1.26 bits per heavy atom. The third-order valence-corrected chi connectivity index (χ3v) is 3.25. The van der Waals surface area contributed by atoms with Crippen LogP contribution in [0.25, 0.3) is 0 Å². The maximum absolute atomic E-state index is 5.45. The van der Waals surface area contributed by atoms with Gasteiger partial charge in [0, 0.05) is 12.6 Å². The maximum Gasteiger partial charge on any atom is 0.141 e. The summed E-state index contributed by atoms with van der Waals surface area (Å²) < 4.78 is 5.45. The second kappa shape index (κ2) is 8.05. The van der Waals surface area contributed by atoms with E-state index in [0.29, 0.717) is 6.04 Å². The minimum Gasteiger partial charge on any atom is -0.495 e. The third kappa shape index (κ3) is 5.11. The highest BCUT2D eigenvalue weighted by Crippen LogP contribution is 2.27. The molecule has 1 aromatic rings.